The van der Waals surface area contributed by atoms with E-state index in [0.717, 1.165) is 18.3 Å². The normalized spacial score (nSPS) is 15.4. The van der Waals surface area contributed by atoms with Crippen LogP contribution in [0.15, 0.2) is 0 Å². The Labute approximate surface area is 89.9 Å². The van der Waals surface area contributed by atoms with E-state index in [1.165, 1.54) is 38.5 Å². The van der Waals surface area contributed by atoms with Crippen molar-refractivity contribution in [1.29, 1.82) is 0 Å². The number of unbranched alkanes of at least 4 members (excludes halogenated alkanes) is 2. The molecular formula is C13H28O. The van der Waals surface area contributed by atoms with E-state index in [1.807, 2.05) is 0 Å². The summed E-state index contributed by atoms with van der Waals surface area (Å²) in [5.41, 5.74) is 0. The van der Waals surface area contributed by atoms with Gasteiger partial charge < -0.3 is 5.11 Å². The Balaban J connectivity index is 3.30. The minimum Gasteiger partial charge on any atom is -0.396 e. The van der Waals surface area contributed by atoms with Crippen LogP contribution in [0.25, 0.3) is 0 Å². The van der Waals surface area contributed by atoms with Gasteiger partial charge in [-0.05, 0) is 24.7 Å². The lowest BCUT2D eigenvalue weighted by molar-refractivity contribution is 0.278. The lowest BCUT2D eigenvalue weighted by Gasteiger charge is -2.16. The number of rotatable bonds is 9. The van der Waals surface area contributed by atoms with Crippen molar-refractivity contribution in [3.8, 4) is 0 Å². The second-order valence-electron chi connectivity index (χ2n) is 4.81. The Morgan fingerprint density at radius 1 is 0.929 bits per heavy atom. The first-order valence-electron chi connectivity index (χ1n) is 6.31. The second kappa shape index (κ2) is 9.51. The highest BCUT2D eigenvalue weighted by Crippen LogP contribution is 2.20. The molecule has 0 aliphatic heterocycles. The summed E-state index contributed by atoms with van der Waals surface area (Å²) in [7, 11) is 0. The summed E-state index contributed by atoms with van der Waals surface area (Å²) in [6.07, 6.45) is 8.89. The molecule has 0 aromatic heterocycles. The van der Waals surface area contributed by atoms with Crippen molar-refractivity contribution in [3.63, 3.8) is 0 Å². The lowest BCUT2D eigenvalue weighted by Crippen LogP contribution is -2.03. The van der Waals surface area contributed by atoms with Crippen molar-refractivity contribution in [2.75, 3.05) is 6.61 Å². The molecule has 1 nitrogen and oxygen atoms in total. The van der Waals surface area contributed by atoms with Crippen molar-refractivity contribution in [2.24, 2.45) is 11.8 Å². The smallest absolute Gasteiger partial charge is 0.0431 e. The van der Waals surface area contributed by atoms with E-state index in [0.29, 0.717) is 6.61 Å². The Morgan fingerprint density at radius 3 is 2.14 bits per heavy atom. The molecule has 1 heteroatoms. The molecule has 0 heterocycles. The maximum Gasteiger partial charge on any atom is 0.0431 e. The first-order chi connectivity index (χ1) is 6.70. The first-order valence-corrected chi connectivity index (χ1v) is 6.31. The van der Waals surface area contributed by atoms with Gasteiger partial charge >= 0.3 is 0 Å². The van der Waals surface area contributed by atoms with Crippen LogP contribution >= 0.6 is 0 Å². The van der Waals surface area contributed by atoms with E-state index in [2.05, 4.69) is 20.8 Å². The SMILES string of the molecule is CCCC(C)CC(C)CCCCCO. The van der Waals surface area contributed by atoms with Crippen molar-refractivity contribution >= 4 is 0 Å². The maximum absolute atomic E-state index is 8.65. The first kappa shape index (κ1) is 14.0. The van der Waals surface area contributed by atoms with Gasteiger partial charge in [0.1, 0.15) is 0 Å². The van der Waals surface area contributed by atoms with Crippen LogP contribution in [0.5, 0.6) is 0 Å². The van der Waals surface area contributed by atoms with Crippen molar-refractivity contribution in [2.45, 2.75) is 65.7 Å². The molecule has 2 unspecified atom stereocenters. The van der Waals surface area contributed by atoms with E-state index >= 15 is 0 Å². The van der Waals surface area contributed by atoms with Gasteiger partial charge in [0.25, 0.3) is 0 Å². The highest BCUT2D eigenvalue weighted by molar-refractivity contribution is 4.59. The molecule has 0 amide bonds. The summed E-state index contributed by atoms with van der Waals surface area (Å²) < 4.78 is 0. The molecule has 1 N–H and O–H groups in total. The van der Waals surface area contributed by atoms with Gasteiger partial charge in [0.05, 0.1) is 0 Å². The van der Waals surface area contributed by atoms with Crippen LogP contribution < -0.4 is 0 Å². The summed E-state index contributed by atoms with van der Waals surface area (Å²) in [6.45, 7) is 7.36. The zero-order valence-electron chi connectivity index (χ0n) is 10.3. The molecule has 14 heavy (non-hydrogen) atoms. The van der Waals surface area contributed by atoms with Gasteiger partial charge in [-0.15, -0.1) is 0 Å². The minimum atomic E-state index is 0.362. The quantitative estimate of drug-likeness (QED) is 0.558. The summed E-state index contributed by atoms with van der Waals surface area (Å²) in [5.74, 6) is 1.77. The molecule has 0 aromatic rings. The highest BCUT2D eigenvalue weighted by atomic mass is 16.2. The number of hydrogen-bond acceptors (Lipinski definition) is 1. The number of aliphatic hydroxyl groups is 1. The Kier molecular flexibility index (Phi) is 9.49. The summed E-state index contributed by atoms with van der Waals surface area (Å²) in [6, 6.07) is 0. The van der Waals surface area contributed by atoms with Crippen molar-refractivity contribution < 1.29 is 5.11 Å². The van der Waals surface area contributed by atoms with E-state index in [-0.39, 0.29) is 0 Å². The molecule has 0 radical (unpaired) electrons. The van der Waals surface area contributed by atoms with Gasteiger partial charge in [-0.2, -0.15) is 0 Å². The molecule has 0 aliphatic rings. The standard InChI is InChI=1S/C13H28O/c1-4-8-12(2)11-13(3)9-6-5-7-10-14/h12-14H,4-11H2,1-3H3. The molecule has 0 rings (SSSR count). The lowest BCUT2D eigenvalue weighted by atomic mass is 9.90. The van der Waals surface area contributed by atoms with Crippen LogP contribution in [0.1, 0.15) is 65.7 Å². The zero-order chi connectivity index (χ0) is 10.8. The predicted molar refractivity (Wildman–Crippen MR) is 63.4 cm³/mol. The molecule has 2 atom stereocenters. The van der Waals surface area contributed by atoms with E-state index in [4.69, 9.17) is 5.11 Å². The topological polar surface area (TPSA) is 20.2 Å². The molecule has 86 valence electrons. The van der Waals surface area contributed by atoms with Gasteiger partial charge in [0, 0.05) is 6.61 Å². The summed E-state index contributed by atoms with van der Waals surface area (Å²) >= 11 is 0. The fraction of sp³-hybridized carbons (Fsp3) is 1.00. The van der Waals surface area contributed by atoms with Crippen LogP contribution in [0.4, 0.5) is 0 Å². The number of aliphatic hydroxyl groups excluding tert-OH is 1. The molecule has 0 fully saturated rings. The monoisotopic (exact) mass is 200 g/mol. The largest absolute Gasteiger partial charge is 0.396 e. The average Bonchev–Trinajstić information content (AvgIpc) is 2.13. The van der Waals surface area contributed by atoms with E-state index < -0.39 is 0 Å². The summed E-state index contributed by atoms with van der Waals surface area (Å²) in [4.78, 5) is 0. The van der Waals surface area contributed by atoms with E-state index in [9.17, 15) is 0 Å². The summed E-state index contributed by atoms with van der Waals surface area (Å²) in [5, 5.41) is 8.65. The van der Waals surface area contributed by atoms with Crippen LogP contribution in [0.2, 0.25) is 0 Å². The number of hydrogen-bond donors (Lipinski definition) is 1. The molecule has 0 bridgehead atoms. The maximum atomic E-state index is 8.65. The molecule has 0 spiro atoms. The Hall–Kier alpha value is -0.0400. The Morgan fingerprint density at radius 2 is 1.57 bits per heavy atom. The van der Waals surface area contributed by atoms with Crippen LogP contribution in [0.3, 0.4) is 0 Å². The van der Waals surface area contributed by atoms with Gasteiger partial charge in [0.2, 0.25) is 0 Å². The van der Waals surface area contributed by atoms with Crippen LogP contribution in [0, 0.1) is 11.8 Å². The molecular weight excluding hydrogens is 172 g/mol. The third-order valence-corrected chi connectivity index (χ3v) is 2.94. The zero-order valence-corrected chi connectivity index (χ0v) is 10.3. The van der Waals surface area contributed by atoms with Gasteiger partial charge in [-0.3, -0.25) is 0 Å². The highest BCUT2D eigenvalue weighted by Gasteiger charge is 2.07. The fourth-order valence-corrected chi connectivity index (χ4v) is 2.20. The molecule has 0 aromatic carbocycles. The van der Waals surface area contributed by atoms with E-state index in [1.54, 1.807) is 0 Å². The van der Waals surface area contributed by atoms with Gasteiger partial charge in [0.15, 0.2) is 0 Å². The predicted octanol–water partition coefficient (Wildman–Crippen LogP) is 4.00. The Bertz CT molecular complexity index is 112. The molecule has 0 aliphatic carbocycles. The third-order valence-electron chi connectivity index (χ3n) is 2.94. The van der Waals surface area contributed by atoms with Crippen LogP contribution in [-0.4, -0.2) is 11.7 Å². The van der Waals surface area contributed by atoms with Crippen LogP contribution in [-0.2, 0) is 0 Å². The van der Waals surface area contributed by atoms with Crippen molar-refractivity contribution in [3.05, 3.63) is 0 Å². The van der Waals surface area contributed by atoms with Crippen molar-refractivity contribution in [1.82, 2.24) is 0 Å². The molecule has 0 saturated heterocycles. The third kappa shape index (κ3) is 8.55. The average molecular weight is 200 g/mol. The molecule has 0 saturated carbocycles. The fourth-order valence-electron chi connectivity index (χ4n) is 2.20. The minimum absolute atomic E-state index is 0.362. The van der Waals surface area contributed by atoms with Gasteiger partial charge in [-0.1, -0.05) is 52.9 Å². The van der Waals surface area contributed by atoms with Gasteiger partial charge in [-0.25, -0.2) is 0 Å². The second-order valence-corrected chi connectivity index (χ2v) is 4.81.